The molecule has 3 N–H and O–H groups in total. The van der Waals surface area contributed by atoms with Gasteiger partial charge in [0.05, 0.1) is 11.6 Å². The number of ether oxygens (including phenoxy) is 1. The lowest BCUT2D eigenvalue weighted by molar-refractivity contribution is -0.0271. The van der Waals surface area contributed by atoms with Gasteiger partial charge in [0, 0.05) is 23.3 Å². The van der Waals surface area contributed by atoms with Crippen LogP contribution in [-0.2, 0) is 4.74 Å². The summed E-state index contributed by atoms with van der Waals surface area (Å²) in [5.41, 5.74) is 7.00. The van der Waals surface area contributed by atoms with Crippen molar-refractivity contribution in [2.75, 3.05) is 18.5 Å². The van der Waals surface area contributed by atoms with Crippen molar-refractivity contribution in [2.24, 2.45) is 5.73 Å². The van der Waals surface area contributed by atoms with Gasteiger partial charge >= 0.3 is 0 Å². The highest BCUT2D eigenvalue weighted by molar-refractivity contribution is 9.10. The Hall–Kier alpha value is -0.580. The van der Waals surface area contributed by atoms with Crippen LogP contribution in [0.3, 0.4) is 0 Å². The van der Waals surface area contributed by atoms with Gasteiger partial charge in [0.1, 0.15) is 0 Å². The molecule has 1 aliphatic carbocycles. The lowest BCUT2D eigenvalue weighted by atomic mass is 9.74. The van der Waals surface area contributed by atoms with Crippen molar-refractivity contribution in [2.45, 2.75) is 31.4 Å². The first-order chi connectivity index (χ1) is 8.19. The van der Waals surface area contributed by atoms with Crippen molar-refractivity contribution in [3.8, 4) is 0 Å². The molecule has 0 atom stereocenters. The van der Waals surface area contributed by atoms with Crippen LogP contribution in [0.25, 0.3) is 0 Å². The first-order valence-corrected chi connectivity index (χ1v) is 6.83. The number of halogens is 1. The molecule has 4 heteroatoms. The molecule has 0 aromatic heterocycles. The molecule has 0 radical (unpaired) electrons. The van der Waals surface area contributed by atoms with Gasteiger partial charge in [-0.25, -0.2) is 0 Å². The number of hydrogen-bond donors (Lipinski definition) is 2. The minimum Gasteiger partial charge on any atom is -0.378 e. The highest BCUT2D eigenvalue weighted by Gasteiger charge is 2.43. The van der Waals surface area contributed by atoms with E-state index in [1.807, 2.05) is 25.1 Å². The zero-order chi connectivity index (χ0) is 12.3. The molecule has 0 aliphatic heterocycles. The average Bonchev–Trinajstić information content (AvgIpc) is 2.29. The summed E-state index contributed by atoms with van der Waals surface area (Å²) in [5.74, 6) is 0. The number of para-hydroxylation sites is 1. The summed E-state index contributed by atoms with van der Waals surface area (Å²) in [5, 5.41) is 3.55. The fraction of sp³-hybridized carbons (Fsp3) is 0.538. The Bertz CT molecular complexity index is 377. The molecule has 0 saturated heterocycles. The van der Waals surface area contributed by atoms with Crippen molar-refractivity contribution < 1.29 is 4.74 Å². The molecule has 0 unspecified atom stereocenters. The molecule has 3 nitrogen and oxygen atoms in total. The lowest BCUT2D eigenvalue weighted by Crippen LogP contribution is -2.58. The van der Waals surface area contributed by atoms with Crippen molar-refractivity contribution in [1.29, 1.82) is 0 Å². The summed E-state index contributed by atoms with van der Waals surface area (Å²) >= 11 is 3.54. The van der Waals surface area contributed by atoms with Crippen LogP contribution in [0, 0.1) is 0 Å². The first kappa shape index (κ1) is 12.9. The normalized spacial score (nSPS) is 27.6. The van der Waals surface area contributed by atoms with Crippen LogP contribution in [0.5, 0.6) is 0 Å². The van der Waals surface area contributed by atoms with Gasteiger partial charge in [-0.15, -0.1) is 0 Å². The highest BCUT2D eigenvalue weighted by atomic mass is 79.9. The summed E-state index contributed by atoms with van der Waals surface area (Å²) in [7, 11) is 0. The van der Waals surface area contributed by atoms with Gasteiger partial charge in [-0.2, -0.15) is 0 Å². The van der Waals surface area contributed by atoms with Gasteiger partial charge in [0.15, 0.2) is 0 Å². The zero-order valence-electron chi connectivity index (χ0n) is 10.1. The van der Waals surface area contributed by atoms with Gasteiger partial charge in [0.2, 0.25) is 0 Å². The monoisotopic (exact) mass is 298 g/mol. The lowest BCUT2D eigenvalue weighted by Gasteiger charge is -2.48. The quantitative estimate of drug-likeness (QED) is 0.879. The van der Waals surface area contributed by atoms with Crippen LogP contribution in [0.1, 0.15) is 19.8 Å². The molecular weight excluding hydrogens is 280 g/mol. The average molecular weight is 299 g/mol. The molecule has 17 heavy (non-hydrogen) atoms. The summed E-state index contributed by atoms with van der Waals surface area (Å²) in [6.45, 7) is 3.45. The minimum atomic E-state index is 0.00368. The smallest absolute Gasteiger partial charge is 0.0620 e. The standard InChI is InChI=1S/C13H19BrN2O/c1-2-17-10-7-13(8-10,9-15)16-12-6-4-3-5-11(12)14/h3-6,10,16H,2,7-9,15H2,1H3. The second-order valence-corrected chi connectivity index (χ2v) is 5.43. The molecule has 0 spiro atoms. The maximum atomic E-state index is 5.89. The third-order valence-corrected chi connectivity index (χ3v) is 4.00. The SMILES string of the molecule is CCOC1CC(CN)(Nc2ccccc2Br)C1. The van der Waals surface area contributed by atoms with Gasteiger partial charge in [-0.05, 0) is 47.8 Å². The summed E-state index contributed by atoms with van der Waals surface area (Å²) < 4.78 is 6.67. The van der Waals surface area contributed by atoms with E-state index in [1.165, 1.54) is 0 Å². The van der Waals surface area contributed by atoms with E-state index in [9.17, 15) is 0 Å². The molecule has 0 heterocycles. The van der Waals surface area contributed by atoms with Crippen molar-refractivity contribution in [3.63, 3.8) is 0 Å². The molecule has 1 aromatic carbocycles. The van der Waals surface area contributed by atoms with E-state index in [-0.39, 0.29) is 5.54 Å². The molecule has 1 aliphatic rings. The summed E-state index contributed by atoms with van der Waals surface area (Å²) in [4.78, 5) is 0. The number of hydrogen-bond acceptors (Lipinski definition) is 3. The fourth-order valence-corrected chi connectivity index (χ4v) is 2.72. The first-order valence-electron chi connectivity index (χ1n) is 6.03. The van der Waals surface area contributed by atoms with Crippen LogP contribution in [-0.4, -0.2) is 24.8 Å². The summed E-state index contributed by atoms with van der Waals surface area (Å²) in [6.07, 6.45) is 2.33. The molecule has 94 valence electrons. The molecule has 2 rings (SSSR count). The third-order valence-electron chi connectivity index (χ3n) is 3.30. The second kappa shape index (κ2) is 5.38. The van der Waals surface area contributed by atoms with Crippen molar-refractivity contribution in [1.82, 2.24) is 0 Å². The Labute approximate surface area is 111 Å². The maximum Gasteiger partial charge on any atom is 0.0620 e. The van der Waals surface area contributed by atoms with Gasteiger partial charge < -0.3 is 15.8 Å². The Kier molecular flexibility index (Phi) is 4.07. The van der Waals surface area contributed by atoms with Gasteiger partial charge in [0.25, 0.3) is 0 Å². The minimum absolute atomic E-state index is 0.00368. The van der Waals surface area contributed by atoms with E-state index >= 15 is 0 Å². The summed E-state index contributed by atoms with van der Waals surface area (Å²) in [6, 6.07) is 8.13. The fourth-order valence-electron chi connectivity index (χ4n) is 2.33. The van der Waals surface area contributed by atoms with Crippen LogP contribution >= 0.6 is 15.9 Å². The van der Waals surface area contributed by atoms with Crippen LogP contribution < -0.4 is 11.1 Å². The Morgan fingerprint density at radius 3 is 2.76 bits per heavy atom. The predicted molar refractivity (Wildman–Crippen MR) is 74.2 cm³/mol. The highest BCUT2D eigenvalue weighted by Crippen LogP contribution is 2.38. The van der Waals surface area contributed by atoms with Crippen LogP contribution in [0.15, 0.2) is 28.7 Å². The Morgan fingerprint density at radius 2 is 2.18 bits per heavy atom. The van der Waals surface area contributed by atoms with Crippen molar-refractivity contribution in [3.05, 3.63) is 28.7 Å². The third kappa shape index (κ3) is 2.81. The molecule has 1 aromatic rings. The predicted octanol–water partition coefficient (Wildman–Crippen LogP) is 2.76. The van der Waals surface area contributed by atoms with E-state index in [2.05, 4.69) is 27.3 Å². The Balaban J connectivity index is 2.00. The largest absolute Gasteiger partial charge is 0.378 e. The number of nitrogens with two attached hydrogens (primary N) is 1. The van der Waals surface area contributed by atoms with E-state index in [0.717, 1.165) is 29.6 Å². The van der Waals surface area contributed by atoms with E-state index in [0.29, 0.717) is 12.6 Å². The number of nitrogens with one attached hydrogen (secondary N) is 1. The molecule has 0 bridgehead atoms. The topological polar surface area (TPSA) is 47.3 Å². The number of anilines is 1. The van der Waals surface area contributed by atoms with Crippen LogP contribution in [0.2, 0.25) is 0 Å². The van der Waals surface area contributed by atoms with E-state index in [1.54, 1.807) is 0 Å². The molecule has 0 amide bonds. The van der Waals surface area contributed by atoms with Gasteiger partial charge in [-0.3, -0.25) is 0 Å². The molecular formula is C13H19BrN2O. The molecule has 1 fully saturated rings. The second-order valence-electron chi connectivity index (χ2n) is 4.57. The van der Waals surface area contributed by atoms with Gasteiger partial charge in [-0.1, -0.05) is 12.1 Å². The maximum absolute atomic E-state index is 5.89. The number of benzene rings is 1. The van der Waals surface area contributed by atoms with Crippen LogP contribution in [0.4, 0.5) is 5.69 Å². The van der Waals surface area contributed by atoms with Crippen molar-refractivity contribution >= 4 is 21.6 Å². The van der Waals surface area contributed by atoms with E-state index < -0.39 is 0 Å². The molecule has 1 saturated carbocycles. The number of rotatable bonds is 5. The zero-order valence-corrected chi connectivity index (χ0v) is 11.7. The Morgan fingerprint density at radius 1 is 1.47 bits per heavy atom. The van der Waals surface area contributed by atoms with E-state index in [4.69, 9.17) is 10.5 Å².